The van der Waals surface area contributed by atoms with Crippen LogP contribution in [0.4, 0.5) is 4.39 Å². The van der Waals surface area contributed by atoms with E-state index in [1.54, 1.807) is 6.92 Å². The topological polar surface area (TPSA) is 106 Å². The average Bonchev–Trinajstić information content (AvgIpc) is 3.14. The Bertz CT molecular complexity index is 980. The van der Waals surface area contributed by atoms with Gasteiger partial charge in [-0.2, -0.15) is 5.26 Å². The van der Waals surface area contributed by atoms with E-state index in [1.807, 2.05) is 0 Å². The summed E-state index contributed by atoms with van der Waals surface area (Å²) in [7, 11) is 1.24. The monoisotopic (exact) mass is 388 g/mol. The normalized spacial score (nSPS) is 19.4. The molecule has 0 fully saturated rings. The smallest absolute Gasteiger partial charge is 0.336 e. The number of hydrogen-bond acceptors (Lipinski definition) is 7. The molecule has 1 aromatic carbocycles. The van der Waals surface area contributed by atoms with Crippen molar-refractivity contribution in [2.45, 2.75) is 19.4 Å². The molecule has 3 rings (SSSR count). The third-order valence-corrected chi connectivity index (χ3v) is 4.59. The number of methoxy groups -OCH3 is 1. The molecular weight excluding hydrogens is 375 g/mol. The van der Waals surface area contributed by atoms with Crippen molar-refractivity contribution in [3.05, 3.63) is 52.2 Å². The van der Waals surface area contributed by atoms with E-state index >= 15 is 0 Å². The van der Waals surface area contributed by atoms with Crippen LogP contribution >= 0.6 is 11.6 Å². The number of nitrogens with zero attached hydrogens (tertiary/aromatic N) is 6. The molecule has 1 aromatic heterocycles. The molecule has 138 valence electrons. The van der Waals surface area contributed by atoms with Crippen molar-refractivity contribution >= 4 is 23.3 Å². The van der Waals surface area contributed by atoms with Gasteiger partial charge in [0.2, 0.25) is 0 Å². The summed E-state index contributed by atoms with van der Waals surface area (Å²) < 4.78 is 19.8. The molecule has 27 heavy (non-hydrogen) atoms. The SMILES string of the molecule is COC(=O)C1=C(Cn2cnnn2)N=C(C)C(C#N)[C@H]1c1ccc(F)cc1Cl. The van der Waals surface area contributed by atoms with Crippen molar-refractivity contribution in [2.24, 2.45) is 10.9 Å². The van der Waals surface area contributed by atoms with Crippen LogP contribution in [0.1, 0.15) is 18.4 Å². The molecule has 0 saturated carbocycles. The Balaban J connectivity index is 2.22. The van der Waals surface area contributed by atoms with Gasteiger partial charge >= 0.3 is 5.97 Å². The number of aliphatic imine (C=N–C) groups is 1. The number of carbonyl (C=O) groups is 1. The first-order chi connectivity index (χ1) is 13.0. The minimum Gasteiger partial charge on any atom is -0.466 e. The molecule has 0 N–H and O–H groups in total. The quantitative estimate of drug-likeness (QED) is 0.744. The fraction of sp³-hybridized carbons (Fsp3) is 0.294. The molecular formula is C17H14ClFN6O2. The van der Waals surface area contributed by atoms with Crippen molar-refractivity contribution < 1.29 is 13.9 Å². The second-order valence-electron chi connectivity index (χ2n) is 5.86. The number of aromatic nitrogens is 4. The van der Waals surface area contributed by atoms with Crippen LogP contribution in [0.5, 0.6) is 0 Å². The number of benzene rings is 1. The molecule has 8 nitrogen and oxygen atoms in total. The number of carbonyl (C=O) groups excluding carboxylic acids is 1. The molecule has 0 radical (unpaired) electrons. The molecule has 0 aliphatic carbocycles. The summed E-state index contributed by atoms with van der Waals surface area (Å²) in [5.41, 5.74) is 1.45. The highest BCUT2D eigenvalue weighted by Crippen LogP contribution is 2.42. The second kappa shape index (κ2) is 7.63. The van der Waals surface area contributed by atoms with Crippen molar-refractivity contribution in [3.63, 3.8) is 0 Å². The Labute approximate surface area is 158 Å². The summed E-state index contributed by atoms with van der Waals surface area (Å²) in [5.74, 6) is -2.70. The van der Waals surface area contributed by atoms with E-state index in [0.29, 0.717) is 17.0 Å². The van der Waals surface area contributed by atoms with Gasteiger partial charge in [-0.15, -0.1) is 5.10 Å². The largest absolute Gasteiger partial charge is 0.466 e. The summed E-state index contributed by atoms with van der Waals surface area (Å²) in [5, 5.41) is 20.7. The number of esters is 1. The van der Waals surface area contributed by atoms with Crippen LogP contribution in [0.2, 0.25) is 5.02 Å². The zero-order chi connectivity index (χ0) is 19.6. The summed E-state index contributed by atoms with van der Waals surface area (Å²) >= 11 is 6.23. The molecule has 0 bridgehead atoms. The maximum atomic E-state index is 13.5. The molecule has 0 spiro atoms. The average molecular weight is 389 g/mol. The van der Waals surface area contributed by atoms with E-state index in [-0.39, 0.29) is 17.1 Å². The standard InChI is InChI=1S/C17H14ClFN6O2/c1-9-12(6-20)15(11-4-3-10(19)5-13(11)18)16(17(26)27-2)14(22-9)7-25-8-21-23-24-25/h3-5,8,12,15H,7H2,1-2H3/t12?,15-/m1/s1. The highest BCUT2D eigenvalue weighted by Gasteiger charge is 2.39. The summed E-state index contributed by atoms with van der Waals surface area (Å²) in [6.45, 7) is 1.79. The highest BCUT2D eigenvalue weighted by molar-refractivity contribution is 6.31. The van der Waals surface area contributed by atoms with Crippen LogP contribution in [-0.4, -0.2) is 39.0 Å². The highest BCUT2D eigenvalue weighted by atomic mass is 35.5. The summed E-state index contributed by atoms with van der Waals surface area (Å²) in [6, 6.07) is 5.99. The lowest BCUT2D eigenvalue weighted by molar-refractivity contribution is -0.136. The molecule has 2 atom stereocenters. The van der Waals surface area contributed by atoms with Crippen molar-refractivity contribution in [1.82, 2.24) is 20.2 Å². The molecule has 0 amide bonds. The van der Waals surface area contributed by atoms with Crippen LogP contribution in [0.25, 0.3) is 0 Å². The Morgan fingerprint density at radius 1 is 1.48 bits per heavy atom. The summed E-state index contributed by atoms with van der Waals surface area (Å²) in [4.78, 5) is 17.0. The molecule has 2 aromatic rings. The van der Waals surface area contributed by atoms with E-state index in [9.17, 15) is 14.4 Å². The maximum absolute atomic E-state index is 13.5. The number of ether oxygens (including phenoxy) is 1. The fourth-order valence-corrected chi connectivity index (χ4v) is 3.35. The van der Waals surface area contributed by atoms with Crippen LogP contribution in [0, 0.1) is 23.1 Å². The zero-order valence-corrected chi connectivity index (χ0v) is 15.2. The minimum atomic E-state index is -0.764. The maximum Gasteiger partial charge on any atom is 0.336 e. The van der Waals surface area contributed by atoms with E-state index in [1.165, 1.54) is 30.3 Å². The van der Waals surface area contributed by atoms with Crippen molar-refractivity contribution in [2.75, 3.05) is 7.11 Å². The zero-order valence-electron chi connectivity index (χ0n) is 14.4. The van der Waals surface area contributed by atoms with Gasteiger partial charge in [-0.25, -0.2) is 13.9 Å². The fourth-order valence-electron chi connectivity index (χ4n) is 3.07. The third-order valence-electron chi connectivity index (χ3n) is 4.26. The van der Waals surface area contributed by atoms with E-state index in [4.69, 9.17) is 16.3 Å². The van der Waals surface area contributed by atoms with Gasteiger partial charge in [-0.1, -0.05) is 17.7 Å². The number of nitriles is 1. The Hall–Kier alpha value is -3.12. The first-order valence-corrected chi connectivity index (χ1v) is 8.26. The Morgan fingerprint density at radius 3 is 2.85 bits per heavy atom. The molecule has 1 aliphatic heterocycles. The van der Waals surface area contributed by atoms with Crippen LogP contribution in [0.3, 0.4) is 0 Å². The number of tetrazole rings is 1. The van der Waals surface area contributed by atoms with Gasteiger partial charge in [0.25, 0.3) is 0 Å². The Morgan fingerprint density at radius 2 is 2.26 bits per heavy atom. The van der Waals surface area contributed by atoms with Crippen molar-refractivity contribution in [3.8, 4) is 6.07 Å². The molecule has 1 unspecified atom stereocenters. The van der Waals surface area contributed by atoms with Crippen LogP contribution in [-0.2, 0) is 16.1 Å². The van der Waals surface area contributed by atoms with Crippen LogP contribution in [0.15, 0.2) is 40.8 Å². The van der Waals surface area contributed by atoms with Gasteiger partial charge < -0.3 is 4.74 Å². The minimum absolute atomic E-state index is 0.0994. The lowest BCUT2D eigenvalue weighted by Crippen LogP contribution is -2.30. The molecule has 0 saturated heterocycles. The predicted molar refractivity (Wildman–Crippen MR) is 93.2 cm³/mol. The number of hydrogen-bond donors (Lipinski definition) is 0. The lowest BCUT2D eigenvalue weighted by atomic mass is 9.76. The molecule has 10 heteroatoms. The van der Waals surface area contributed by atoms with Crippen LogP contribution < -0.4 is 0 Å². The van der Waals surface area contributed by atoms with E-state index in [0.717, 1.165) is 6.07 Å². The van der Waals surface area contributed by atoms with Crippen molar-refractivity contribution in [1.29, 1.82) is 5.26 Å². The summed E-state index contributed by atoms with van der Waals surface area (Å²) in [6.07, 6.45) is 1.38. The molecule has 1 aliphatic rings. The van der Waals surface area contributed by atoms with Gasteiger partial charge in [0.05, 0.1) is 36.9 Å². The number of halogens is 2. The number of rotatable bonds is 4. The number of allylic oxidation sites excluding steroid dienone is 1. The first kappa shape index (κ1) is 18.7. The lowest BCUT2D eigenvalue weighted by Gasteiger charge is -2.30. The predicted octanol–water partition coefficient (Wildman–Crippen LogP) is 2.29. The Kier molecular flexibility index (Phi) is 5.28. The van der Waals surface area contributed by atoms with Gasteiger partial charge in [0, 0.05) is 16.7 Å². The molecule has 2 heterocycles. The van der Waals surface area contributed by atoms with E-state index < -0.39 is 23.6 Å². The van der Waals surface area contributed by atoms with Gasteiger partial charge in [-0.3, -0.25) is 4.99 Å². The van der Waals surface area contributed by atoms with E-state index in [2.05, 4.69) is 26.6 Å². The van der Waals surface area contributed by atoms with Gasteiger partial charge in [-0.05, 0) is 35.0 Å². The van der Waals surface area contributed by atoms with Gasteiger partial charge in [0.15, 0.2) is 0 Å². The van der Waals surface area contributed by atoms with Gasteiger partial charge in [0.1, 0.15) is 12.1 Å². The second-order valence-corrected chi connectivity index (χ2v) is 6.27. The third kappa shape index (κ3) is 3.57. The first-order valence-electron chi connectivity index (χ1n) is 7.88.